The lowest BCUT2D eigenvalue weighted by Gasteiger charge is -1.97. The summed E-state index contributed by atoms with van der Waals surface area (Å²) in [6, 6.07) is 6.17. The molecule has 0 unspecified atom stereocenters. The van der Waals surface area contributed by atoms with Crippen LogP contribution in [0.2, 0.25) is 0 Å². The SMILES string of the molecule is N#CCc1cc(C#CCO)ccc1F. The molecule has 1 aromatic carbocycles. The molecule has 0 aromatic heterocycles. The van der Waals surface area contributed by atoms with Crippen molar-refractivity contribution in [2.75, 3.05) is 6.61 Å². The summed E-state index contributed by atoms with van der Waals surface area (Å²) in [5.41, 5.74) is 0.933. The van der Waals surface area contributed by atoms with Crippen LogP contribution in [-0.4, -0.2) is 11.7 Å². The predicted molar refractivity (Wildman–Crippen MR) is 49.7 cm³/mol. The Hall–Kier alpha value is -1.84. The average molecular weight is 189 g/mol. The minimum Gasteiger partial charge on any atom is -0.384 e. The largest absolute Gasteiger partial charge is 0.384 e. The third kappa shape index (κ3) is 2.58. The monoisotopic (exact) mass is 189 g/mol. The maximum absolute atomic E-state index is 13.0. The summed E-state index contributed by atoms with van der Waals surface area (Å²) < 4.78 is 13.0. The van der Waals surface area contributed by atoms with Crippen LogP contribution in [0.5, 0.6) is 0 Å². The van der Waals surface area contributed by atoms with Crippen LogP contribution in [-0.2, 0) is 6.42 Å². The second-order valence-electron chi connectivity index (χ2n) is 2.60. The van der Waals surface area contributed by atoms with E-state index in [-0.39, 0.29) is 13.0 Å². The number of hydrogen-bond donors (Lipinski definition) is 1. The van der Waals surface area contributed by atoms with Gasteiger partial charge in [0.1, 0.15) is 12.4 Å². The number of hydrogen-bond acceptors (Lipinski definition) is 2. The predicted octanol–water partition coefficient (Wildman–Crippen LogP) is 1.24. The molecule has 0 amide bonds. The van der Waals surface area contributed by atoms with Crippen molar-refractivity contribution in [2.24, 2.45) is 0 Å². The number of aliphatic hydroxyl groups excluding tert-OH is 1. The fourth-order valence-corrected chi connectivity index (χ4v) is 1.01. The zero-order valence-electron chi connectivity index (χ0n) is 7.42. The standard InChI is InChI=1S/C11H8FNO/c12-11-4-3-9(2-1-7-14)8-10(11)5-6-13/h3-4,8,14H,5,7H2. The third-order valence-corrected chi connectivity index (χ3v) is 1.63. The van der Waals surface area contributed by atoms with Crippen LogP contribution >= 0.6 is 0 Å². The van der Waals surface area contributed by atoms with Gasteiger partial charge in [-0.3, -0.25) is 0 Å². The number of halogens is 1. The van der Waals surface area contributed by atoms with E-state index in [1.165, 1.54) is 18.2 Å². The van der Waals surface area contributed by atoms with Crippen LogP contribution in [0, 0.1) is 29.0 Å². The summed E-state index contributed by atoms with van der Waals surface area (Å²) in [6.45, 7) is -0.231. The number of rotatable bonds is 1. The molecule has 0 aliphatic carbocycles. The first-order valence-electron chi connectivity index (χ1n) is 4.03. The van der Waals surface area contributed by atoms with E-state index >= 15 is 0 Å². The van der Waals surface area contributed by atoms with Crippen LogP contribution in [0.25, 0.3) is 0 Å². The zero-order chi connectivity index (χ0) is 10.4. The van der Waals surface area contributed by atoms with E-state index in [1.54, 1.807) is 0 Å². The molecule has 1 N–H and O–H groups in total. The van der Waals surface area contributed by atoms with Crippen molar-refractivity contribution in [3.8, 4) is 17.9 Å². The topological polar surface area (TPSA) is 44.0 Å². The van der Waals surface area contributed by atoms with E-state index in [0.717, 1.165) is 0 Å². The summed E-state index contributed by atoms with van der Waals surface area (Å²) in [5.74, 6) is 4.70. The molecule has 0 aliphatic rings. The van der Waals surface area contributed by atoms with Gasteiger partial charge in [-0.15, -0.1) is 0 Å². The molecule has 0 heterocycles. The normalized spacial score (nSPS) is 8.64. The Balaban J connectivity index is 3.01. The van der Waals surface area contributed by atoms with Gasteiger partial charge in [-0.1, -0.05) is 11.8 Å². The molecule has 0 saturated heterocycles. The molecule has 14 heavy (non-hydrogen) atoms. The van der Waals surface area contributed by atoms with Crippen molar-refractivity contribution in [2.45, 2.75) is 6.42 Å². The first-order valence-corrected chi connectivity index (χ1v) is 4.03. The molecule has 2 nitrogen and oxygen atoms in total. The van der Waals surface area contributed by atoms with Crippen molar-refractivity contribution in [3.63, 3.8) is 0 Å². The molecule has 1 rings (SSSR count). The van der Waals surface area contributed by atoms with Gasteiger partial charge >= 0.3 is 0 Å². The zero-order valence-corrected chi connectivity index (χ0v) is 7.42. The summed E-state index contributed by atoms with van der Waals surface area (Å²) in [4.78, 5) is 0. The van der Waals surface area contributed by atoms with Crippen molar-refractivity contribution >= 4 is 0 Å². The minimum absolute atomic E-state index is 0.0283. The van der Waals surface area contributed by atoms with Gasteiger partial charge in [0.15, 0.2) is 0 Å². The summed E-state index contributed by atoms with van der Waals surface area (Å²) in [6.07, 6.45) is 0.0283. The maximum Gasteiger partial charge on any atom is 0.127 e. The molecule has 0 saturated carbocycles. The highest BCUT2D eigenvalue weighted by Gasteiger charge is 2.01. The minimum atomic E-state index is -0.402. The first-order chi connectivity index (χ1) is 6.77. The molecule has 0 radical (unpaired) electrons. The van der Waals surface area contributed by atoms with E-state index in [2.05, 4.69) is 11.8 Å². The lowest BCUT2D eigenvalue weighted by Crippen LogP contribution is -1.89. The van der Waals surface area contributed by atoms with E-state index in [0.29, 0.717) is 11.1 Å². The second-order valence-corrected chi connectivity index (χ2v) is 2.60. The molecule has 1 aromatic rings. The highest BCUT2D eigenvalue weighted by atomic mass is 19.1. The fraction of sp³-hybridized carbons (Fsp3) is 0.182. The fourth-order valence-electron chi connectivity index (χ4n) is 1.01. The quantitative estimate of drug-likeness (QED) is 0.675. The molecule has 0 atom stereocenters. The average Bonchev–Trinajstić information content (AvgIpc) is 2.19. The Kier molecular flexibility index (Phi) is 3.67. The van der Waals surface area contributed by atoms with Gasteiger partial charge < -0.3 is 5.11 Å². The summed E-state index contributed by atoms with van der Waals surface area (Å²) in [5, 5.41) is 16.9. The summed E-state index contributed by atoms with van der Waals surface area (Å²) >= 11 is 0. The summed E-state index contributed by atoms with van der Waals surface area (Å²) in [7, 11) is 0. The molecule has 0 spiro atoms. The molecular formula is C11H8FNO. The Morgan fingerprint density at radius 2 is 2.21 bits per heavy atom. The molecule has 0 aliphatic heterocycles. The number of nitriles is 1. The van der Waals surface area contributed by atoms with Gasteiger partial charge in [0.05, 0.1) is 12.5 Å². The smallest absolute Gasteiger partial charge is 0.127 e. The molecule has 0 fully saturated rings. The van der Waals surface area contributed by atoms with Crippen LogP contribution in [0.15, 0.2) is 18.2 Å². The Bertz CT molecular complexity index is 423. The van der Waals surface area contributed by atoms with Crippen molar-refractivity contribution in [1.29, 1.82) is 5.26 Å². The van der Waals surface area contributed by atoms with E-state index in [1.807, 2.05) is 6.07 Å². The van der Waals surface area contributed by atoms with Crippen LogP contribution < -0.4 is 0 Å². The van der Waals surface area contributed by atoms with Gasteiger partial charge in [0.2, 0.25) is 0 Å². The van der Waals surface area contributed by atoms with E-state index < -0.39 is 5.82 Å². The van der Waals surface area contributed by atoms with E-state index in [9.17, 15) is 4.39 Å². The number of benzene rings is 1. The Morgan fingerprint density at radius 1 is 1.43 bits per heavy atom. The van der Waals surface area contributed by atoms with Crippen molar-refractivity contribution in [3.05, 3.63) is 35.1 Å². The van der Waals surface area contributed by atoms with Gasteiger partial charge in [-0.25, -0.2) is 4.39 Å². The van der Waals surface area contributed by atoms with E-state index in [4.69, 9.17) is 10.4 Å². The first kappa shape index (κ1) is 10.2. The number of aliphatic hydroxyl groups is 1. The van der Waals surface area contributed by atoms with Gasteiger partial charge in [0.25, 0.3) is 0 Å². The van der Waals surface area contributed by atoms with Crippen molar-refractivity contribution in [1.82, 2.24) is 0 Å². The number of nitrogens with zero attached hydrogens (tertiary/aromatic N) is 1. The molecule has 0 bridgehead atoms. The second kappa shape index (κ2) is 5.01. The Morgan fingerprint density at radius 3 is 2.86 bits per heavy atom. The lowest BCUT2D eigenvalue weighted by molar-refractivity contribution is 0.350. The van der Waals surface area contributed by atoms with Gasteiger partial charge in [-0.05, 0) is 18.2 Å². The van der Waals surface area contributed by atoms with Crippen LogP contribution in [0.1, 0.15) is 11.1 Å². The van der Waals surface area contributed by atoms with Crippen LogP contribution in [0.3, 0.4) is 0 Å². The highest BCUT2D eigenvalue weighted by Crippen LogP contribution is 2.10. The third-order valence-electron chi connectivity index (χ3n) is 1.63. The van der Waals surface area contributed by atoms with Gasteiger partial charge in [0, 0.05) is 11.1 Å². The molecule has 70 valence electrons. The van der Waals surface area contributed by atoms with Crippen molar-refractivity contribution < 1.29 is 9.50 Å². The molecule has 3 heteroatoms. The molecular weight excluding hydrogens is 181 g/mol. The van der Waals surface area contributed by atoms with Gasteiger partial charge in [-0.2, -0.15) is 5.26 Å². The Labute approximate surface area is 81.6 Å². The lowest BCUT2D eigenvalue weighted by atomic mass is 10.1. The highest BCUT2D eigenvalue weighted by molar-refractivity contribution is 5.38. The van der Waals surface area contributed by atoms with Crippen LogP contribution in [0.4, 0.5) is 4.39 Å². The maximum atomic E-state index is 13.0.